The van der Waals surface area contributed by atoms with E-state index in [4.69, 9.17) is 0 Å². The van der Waals surface area contributed by atoms with Crippen molar-refractivity contribution in [3.05, 3.63) is 39.8 Å². The van der Waals surface area contributed by atoms with Gasteiger partial charge in [-0.15, -0.1) is 11.3 Å². The van der Waals surface area contributed by atoms with E-state index in [-0.39, 0.29) is 5.91 Å². The zero-order valence-electron chi connectivity index (χ0n) is 10.5. The third kappa shape index (κ3) is 2.10. The Hall–Kier alpha value is -2.21. The number of hydrogen-bond donors (Lipinski definition) is 2. The van der Waals surface area contributed by atoms with Gasteiger partial charge in [-0.1, -0.05) is 12.1 Å². The van der Waals surface area contributed by atoms with E-state index in [1.807, 2.05) is 38.1 Å². The fourth-order valence-corrected chi connectivity index (χ4v) is 2.78. The van der Waals surface area contributed by atoms with E-state index in [9.17, 15) is 4.79 Å². The summed E-state index contributed by atoms with van der Waals surface area (Å²) in [5.41, 5.74) is 1.36. The number of thiazole rings is 1. The Labute approximate surface area is 113 Å². The summed E-state index contributed by atoms with van der Waals surface area (Å²) < 4.78 is 0. The van der Waals surface area contributed by atoms with Crippen LogP contribution in [0.2, 0.25) is 0 Å². The first-order chi connectivity index (χ1) is 9.15. The molecule has 2 heterocycles. The van der Waals surface area contributed by atoms with E-state index in [2.05, 4.69) is 20.5 Å². The van der Waals surface area contributed by atoms with Crippen molar-refractivity contribution in [2.45, 2.75) is 13.8 Å². The van der Waals surface area contributed by atoms with Crippen molar-refractivity contribution in [2.75, 3.05) is 5.32 Å². The van der Waals surface area contributed by atoms with Crippen LogP contribution >= 0.6 is 11.3 Å². The number of H-pyrrole nitrogens is 1. The Morgan fingerprint density at radius 3 is 2.84 bits per heavy atom. The highest BCUT2D eigenvalue weighted by Gasteiger charge is 2.16. The minimum Gasteiger partial charge on any atom is -0.303 e. The van der Waals surface area contributed by atoms with Gasteiger partial charge in [0.1, 0.15) is 5.69 Å². The summed E-state index contributed by atoms with van der Waals surface area (Å²) in [4.78, 5) is 17.3. The number of amides is 1. The van der Waals surface area contributed by atoms with Crippen molar-refractivity contribution in [1.29, 1.82) is 0 Å². The molecule has 1 aromatic carbocycles. The second kappa shape index (κ2) is 4.47. The predicted octanol–water partition coefficient (Wildman–Crippen LogP) is 2.89. The summed E-state index contributed by atoms with van der Waals surface area (Å²) >= 11 is 1.51. The Morgan fingerprint density at radius 2 is 2.11 bits per heavy atom. The zero-order valence-corrected chi connectivity index (χ0v) is 11.3. The second-order valence-electron chi connectivity index (χ2n) is 4.21. The summed E-state index contributed by atoms with van der Waals surface area (Å²) in [7, 11) is 0. The van der Waals surface area contributed by atoms with Gasteiger partial charge in [0.15, 0.2) is 5.82 Å². The number of carbonyl (C=O) groups is 1. The van der Waals surface area contributed by atoms with Gasteiger partial charge >= 0.3 is 0 Å². The van der Waals surface area contributed by atoms with Crippen molar-refractivity contribution in [1.82, 2.24) is 15.2 Å². The fraction of sp³-hybridized carbons (Fsp3) is 0.154. The van der Waals surface area contributed by atoms with Crippen LogP contribution in [0.25, 0.3) is 10.9 Å². The molecule has 0 atom stereocenters. The minimum absolute atomic E-state index is 0.223. The predicted molar refractivity (Wildman–Crippen MR) is 75.6 cm³/mol. The highest BCUT2D eigenvalue weighted by atomic mass is 32.1. The van der Waals surface area contributed by atoms with Gasteiger partial charge < -0.3 is 5.32 Å². The number of nitrogens with zero attached hydrogens (tertiary/aromatic N) is 2. The molecule has 0 spiro atoms. The molecular weight excluding hydrogens is 260 g/mol. The molecule has 0 bridgehead atoms. The standard InChI is InChI=1S/C13H12N4OS/c1-7-11(14-8(2)19-7)13(18)15-12-9-5-3-4-6-10(9)16-17-12/h3-6H,1-2H3,(H2,15,16,17,18). The molecule has 0 radical (unpaired) electrons. The maximum atomic E-state index is 12.2. The maximum Gasteiger partial charge on any atom is 0.276 e. The molecule has 6 heteroatoms. The van der Waals surface area contributed by atoms with E-state index in [1.165, 1.54) is 11.3 Å². The molecule has 2 aromatic heterocycles. The smallest absolute Gasteiger partial charge is 0.276 e. The van der Waals surface area contributed by atoms with Crippen LogP contribution < -0.4 is 5.32 Å². The fourth-order valence-electron chi connectivity index (χ4n) is 1.97. The van der Waals surface area contributed by atoms with Crippen LogP contribution in [-0.4, -0.2) is 21.1 Å². The van der Waals surface area contributed by atoms with Gasteiger partial charge in [0.05, 0.1) is 10.5 Å². The first-order valence-corrected chi connectivity index (χ1v) is 6.65. The summed E-state index contributed by atoms with van der Waals surface area (Å²) in [5, 5.41) is 11.6. The lowest BCUT2D eigenvalue weighted by atomic mass is 10.2. The quantitative estimate of drug-likeness (QED) is 0.753. The van der Waals surface area contributed by atoms with Crippen molar-refractivity contribution < 1.29 is 4.79 Å². The third-order valence-corrected chi connectivity index (χ3v) is 3.71. The third-order valence-electron chi connectivity index (χ3n) is 2.82. The number of para-hydroxylation sites is 1. The van der Waals surface area contributed by atoms with Crippen molar-refractivity contribution >= 4 is 34.0 Å². The summed E-state index contributed by atoms with van der Waals surface area (Å²) in [6.07, 6.45) is 0. The molecule has 5 nitrogen and oxygen atoms in total. The van der Waals surface area contributed by atoms with Gasteiger partial charge in [0.25, 0.3) is 5.91 Å². The lowest BCUT2D eigenvalue weighted by Gasteiger charge is -2.00. The van der Waals surface area contributed by atoms with Gasteiger partial charge in [0, 0.05) is 10.3 Å². The van der Waals surface area contributed by atoms with Crippen LogP contribution in [0.5, 0.6) is 0 Å². The number of fused-ring (bicyclic) bond motifs is 1. The van der Waals surface area contributed by atoms with Crippen LogP contribution in [0, 0.1) is 13.8 Å². The highest BCUT2D eigenvalue weighted by molar-refractivity contribution is 7.11. The van der Waals surface area contributed by atoms with Crippen LogP contribution in [0.15, 0.2) is 24.3 Å². The Bertz CT molecular complexity index is 759. The van der Waals surface area contributed by atoms with Gasteiger partial charge in [-0.05, 0) is 26.0 Å². The first kappa shape index (κ1) is 11.9. The maximum absolute atomic E-state index is 12.2. The van der Waals surface area contributed by atoms with Gasteiger partial charge in [-0.3, -0.25) is 9.89 Å². The van der Waals surface area contributed by atoms with E-state index in [1.54, 1.807) is 0 Å². The van der Waals surface area contributed by atoms with Crippen LogP contribution in [0.1, 0.15) is 20.4 Å². The molecule has 0 aliphatic heterocycles. The topological polar surface area (TPSA) is 70.7 Å². The van der Waals surface area contributed by atoms with Gasteiger partial charge in [-0.2, -0.15) is 5.10 Å². The minimum atomic E-state index is -0.223. The highest BCUT2D eigenvalue weighted by Crippen LogP contribution is 2.22. The molecule has 1 amide bonds. The van der Waals surface area contributed by atoms with Gasteiger partial charge in [-0.25, -0.2) is 4.98 Å². The number of anilines is 1. The van der Waals surface area contributed by atoms with Crippen molar-refractivity contribution in [2.24, 2.45) is 0 Å². The lowest BCUT2D eigenvalue weighted by molar-refractivity contribution is 0.102. The average molecular weight is 272 g/mol. The first-order valence-electron chi connectivity index (χ1n) is 5.83. The molecule has 19 heavy (non-hydrogen) atoms. The molecule has 0 unspecified atom stereocenters. The number of aromatic nitrogens is 3. The largest absolute Gasteiger partial charge is 0.303 e. The molecular formula is C13H12N4OS. The number of rotatable bonds is 2. The molecule has 0 fully saturated rings. The van der Waals surface area contributed by atoms with Gasteiger partial charge in [0.2, 0.25) is 0 Å². The number of aromatic amines is 1. The summed E-state index contributed by atoms with van der Waals surface area (Å²) in [5.74, 6) is 0.310. The summed E-state index contributed by atoms with van der Waals surface area (Å²) in [6, 6.07) is 7.65. The molecule has 3 rings (SSSR count). The monoisotopic (exact) mass is 272 g/mol. The number of benzene rings is 1. The molecule has 0 saturated heterocycles. The normalized spacial score (nSPS) is 10.8. The Balaban J connectivity index is 1.93. The number of hydrogen-bond acceptors (Lipinski definition) is 4. The van der Waals surface area contributed by atoms with Crippen molar-refractivity contribution in [3.63, 3.8) is 0 Å². The van der Waals surface area contributed by atoms with Crippen LogP contribution in [-0.2, 0) is 0 Å². The molecule has 0 saturated carbocycles. The second-order valence-corrected chi connectivity index (χ2v) is 5.62. The molecule has 0 aliphatic carbocycles. The van der Waals surface area contributed by atoms with Crippen LogP contribution in [0.4, 0.5) is 5.82 Å². The average Bonchev–Trinajstić information content (AvgIpc) is 2.94. The van der Waals surface area contributed by atoms with E-state index >= 15 is 0 Å². The lowest BCUT2D eigenvalue weighted by Crippen LogP contribution is -2.14. The van der Waals surface area contributed by atoms with E-state index in [0.29, 0.717) is 11.5 Å². The van der Waals surface area contributed by atoms with E-state index < -0.39 is 0 Å². The summed E-state index contributed by atoms with van der Waals surface area (Å²) in [6.45, 7) is 3.78. The number of carbonyl (C=O) groups excluding carboxylic acids is 1. The molecule has 96 valence electrons. The van der Waals surface area contributed by atoms with E-state index in [0.717, 1.165) is 20.8 Å². The zero-order chi connectivity index (χ0) is 13.4. The Kier molecular flexibility index (Phi) is 2.79. The molecule has 3 aromatic rings. The van der Waals surface area contributed by atoms with Crippen molar-refractivity contribution in [3.8, 4) is 0 Å². The number of nitrogens with one attached hydrogen (secondary N) is 2. The SMILES string of the molecule is Cc1nc(C(=O)Nc2n[nH]c3ccccc23)c(C)s1. The number of aryl methyl sites for hydroxylation is 2. The van der Waals surface area contributed by atoms with Crippen LogP contribution in [0.3, 0.4) is 0 Å². The molecule has 2 N–H and O–H groups in total. The Morgan fingerprint density at radius 1 is 1.32 bits per heavy atom. The molecule has 0 aliphatic rings.